The Kier molecular flexibility index (Phi) is 5.14. The lowest BCUT2D eigenvalue weighted by Crippen LogP contribution is -2.31. The first-order chi connectivity index (χ1) is 12.6. The van der Waals surface area contributed by atoms with Gasteiger partial charge in [0.15, 0.2) is 0 Å². The predicted molar refractivity (Wildman–Crippen MR) is 93.6 cm³/mol. The number of aliphatic hydroxyl groups excluding tert-OH is 2. The predicted octanol–water partition coefficient (Wildman–Crippen LogP) is 2.63. The van der Waals surface area contributed by atoms with Crippen LogP contribution in [0.2, 0.25) is 0 Å². The molecular formula is C20H18FNO4. The van der Waals surface area contributed by atoms with Crippen molar-refractivity contribution in [2.24, 2.45) is 0 Å². The van der Waals surface area contributed by atoms with E-state index in [2.05, 4.69) is 0 Å². The average Bonchev–Trinajstić information content (AvgIpc) is 2.91. The van der Waals surface area contributed by atoms with Crippen LogP contribution in [-0.4, -0.2) is 40.0 Å². The Labute approximate surface area is 150 Å². The Morgan fingerprint density at radius 2 is 1.69 bits per heavy atom. The minimum Gasteiger partial charge on any atom is -0.507 e. The second-order valence-corrected chi connectivity index (χ2v) is 5.96. The second-order valence-electron chi connectivity index (χ2n) is 5.96. The highest BCUT2D eigenvalue weighted by Crippen LogP contribution is 2.40. The maximum absolute atomic E-state index is 14.4. The minimum atomic E-state index is -1.04. The van der Waals surface area contributed by atoms with E-state index >= 15 is 0 Å². The summed E-state index contributed by atoms with van der Waals surface area (Å²) in [5.41, 5.74) is 0.348. The van der Waals surface area contributed by atoms with Gasteiger partial charge in [0.05, 0.1) is 11.6 Å². The summed E-state index contributed by atoms with van der Waals surface area (Å²) in [6.07, 6.45) is 0.239. The van der Waals surface area contributed by atoms with Crippen LogP contribution in [0.4, 0.5) is 4.39 Å². The van der Waals surface area contributed by atoms with Gasteiger partial charge in [-0.1, -0.05) is 48.5 Å². The zero-order chi connectivity index (χ0) is 18.7. The van der Waals surface area contributed by atoms with Crippen LogP contribution < -0.4 is 0 Å². The summed E-state index contributed by atoms with van der Waals surface area (Å²) in [6.45, 7) is -0.0999. The molecule has 26 heavy (non-hydrogen) atoms. The molecule has 0 saturated carbocycles. The molecule has 0 aromatic heterocycles. The van der Waals surface area contributed by atoms with Gasteiger partial charge < -0.3 is 15.1 Å². The normalized spacial score (nSPS) is 19.2. The number of carbonyl (C=O) groups excluding carboxylic acids is 2. The number of Topliss-reactive ketones (excluding diaryl/α,β-unsaturated/α-hetero) is 1. The van der Waals surface area contributed by atoms with Crippen molar-refractivity contribution in [3.05, 3.63) is 77.1 Å². The lowest BCUT2D eigenvalue weighted by Gasteiger charge is -2.25. The third kappa shape index (κ3) is 3.11. The monoisotopic (exact) mass is 355 g/mol. The van der Waals surface area contributed by atoms with Gasteiger partial charge in [-0.25, -0.2) is 4.39 Å². The van der Waals surface area contributed by atoms with Gasteiger partial charge in [-0.15, -0.1) is 0 Å². The standard InChI is InChI=1S/C20H18FNO4/c21-15-10-5-4-9-14(15)17-16(18(24)13-7-2-1-3-8-13)19(25)20(26)22(17)11-6-12-23/h1-5,7-10,17,23-24H,6,11-12H2/t17-/m0/s1. The number of benzene rings is 2. The number of hydrogen-bond acceptors (Lipinski definition) is 4. The molecule has 1 fully saturated rings. The third-order valence-corrected chi connectivity index (χ3v) is 4.34. The number of ketones is 1. The van der Waals surface area contributed by atoms with Crippen molar-refractivity contribution in [1.82, 2.24) is 4.90 Å². The van der Waals surface area contributed by atoms with Gasteiger partial charge in [0.1, 0.15) is 11.6 Å². The zero-order valence-corrected chi connectivity index (χ0v) is 13.9. The summed E-state index contributed by atoms with van der Waals surface area (Å²) in [4.78, 5) is 26.3. The van der Waals surface area contributed by atoms with E-state index in [4.69, 9.17) is 5.11 Å². The molecule has 6 heteroatoms. The molecule has 0 unspecified atom stereocenters. The topological polar surface area (TPSA) is 77.8 Å². The fourth-order valence-electron chi connectivity index (χ4n) is 3.12. The number of aliphatic hydroxyl groups is 2. The number of nitrogens with zero attached hydrogens (tertiary/aromatic N) is 1. The minimum absolute atomic E-state index is 0.0750. The van der Waals surface area contributed by atoms with Gasteiger partial charge in [-0.05, 0) is 12.5 Å². The quantitative estimate of drug-likeness (QED) is 0.491. The molecule has 5 nitrogen and oxygen atoms in total. The lowest BCUT2D eigenvalue weighted by atomic mass is 9.95. The smallest absolute Gasteiger partial charge is 0.295 e. The van der Waals surface area contributed by atoms with Crippen LogP contribution in [0.5, 0.6) is 0 Å². The first kappa shape index (κ1) is 17.8. The molecule has 2 aromatic carbocycles. The van der Waals surface area contributed by atoms with Crippen molar-refractivity contribution in [3.63, 3.8) is 0 Å². The van der Waals surface area contributed by atoms with E-state index < -0.39 is 23.5 Å². The molecule has 2 aromatic rings. The van der Waals surface area contributed by atoms with Gasteiger partial charge in [0, 0.05) is 24.3 Å². The van der Waals surface area contributed by atoms with Gasteiger partial charge >= 0.3 is 0 Å². The summed E-state index contributed by atoms with van der Waals surface area (Å²) in [5, 5.41) is 19.8. The van der Waals surface area contributed by atoms with E-state index in [0.29, 0.717) is 5.56 Å². The van der Waals surface area contributed by atoms with Crippen LogP contribution in [0.15, 0.2) is 60.2 Å². The number of rotatable bonds is 5. The summed E-state index contributed by atoms with van der Waals surface area (Å²) in [6, 6.07) is 13.1. The molecule has 1 atom stereocenters. The maximum atomic E-state index is 14.4. The molecule has 1 aliphatic rings. The molecule has 134 valence electrons. The van der Waals surface area contributed by atoms with E-state index in [1.54, 1.807) is 36.4 Å². The third-order valence-electron chi connectivity index (χ3n) is 4.34. The highest BCUT2D eigenvalue weighted by atomic mass is 19.1. The maximum Gasteiger partial charge on any atom is 0.295 e. The number of amides is 1. The first-order valence-electron chi connectivity index (χ1n) is 8.25. The van der Waals surface area contributed by atoms with Gasteiger partial charge in [-0.2, -0.15) is 0 Å². The van der Waals surface area contributed by atoms with Crippen molar-refractivity contribution >= 4 is 17.4 Å². The Bertz CT molecular complexity index is 863. The molecule has 0 spiro atoms. The van der Waals surface area contributed by atoms with Crippen LogP contribution >= 0.6 is 0 Å². The van der Waals surface area contributed by atoms with Crippen LogP contribution in [0, 0.1) is 5.82 Å². The van der Waals surface area contributed by atoms with Crippen LogP contribution in [0.1, 0.15) is 23.6 Å². The average molecular weight is 355 g/mol. The summed E-state index contributed by atoms with van der Waals surface area (Å²) >= 11 is 0. The lowest BCUT2D eigenvalue weighted by molar-refractivity contribution is -0.140. The van der Waals surface area contributed by atoms with E-state index in [-0.39, 0.29) is 36.5 Å². The fraction of sp³-hybridized carbons (Fsp3) is 0.200. The molecule has 1 saturated heterocycles. The highest BCUT2D eigenvalue weighted by Gasteiger charge is 2.46. The van der Waals surface area contributed by atoms with Crippen molar-refractivity contribution < 1.29 is 24.2 Å². The van der Waals surface area contributed by atoms with Crippen LogP contribution in [-0.2, 0) is 9.59 Å². The first-order valence-corrected chi connectivity index (χ1v) is 8.25. The van der Waals surface area contributed by atoms with E-state index in [1.807, 2.05) is 0 Å². The molecule has 0 radical (unpaired) electrons. The van der Waals surface area contributed by atoms with Crippen LogP contribution in [0.25, 0.3) is 5.76 Å². The van der Waals surface area contributed by atoms with Crippen molar-refractivity contribution in [2.45, 2.75) is 12.5 Å². The summed E-state index contributed by atoms with van der Waals surface area (Å²) in [5.74, 6) is -2.60. The number of carbonyl (C=O) groups is 2. The molecule has 0 aliphatic carbocycles. The van der Waals surface area contributed by atoms with Crippen molar-refractivity contribution in [2.75, 3.05) is 13.2 Å². The Morgan fingerprint density at radius 3 is 2.35 bits per heavy atom. The SMILES string of the molecule is O=C1C(=O)N(CCCO)[C@@H](c2ccccc2F)C1=C(O)c1ccccc1. The summed E-state index contributed by atoms with van der Waals surface area (Å²) in [7, 11) is 0. The van der Waals surface area contributed by atoms with E-state index in [1.165, 1.54) is 23.1 Å². The number of hydrogen-bond donors (Lipinski definition) is 2. The largest absolute Gasteiger partial charge is 0.507 e. The van der Waals surface area contributed by atoms with Gasteiger partial charge in [0.25, 0.3) is 11.7 Å². The molecule has 1 amide bonds. The Hall–Kier alpha value is -2.99. The molecule has 3 rings (SSSR count). The Balaban J connectivity index is 2.19. The fourth-order valence-corrected chi connectivity index (χ4v) is 3.12. The van der Waals surface area contributed by atoms with Crippen LogP contribution in [0.3, 0.4) is 0 Å². The van der Waals surface area contributed by atoms with Gasteiger partial charge in [-0.3, -0.25) is 9.59 Å². The highest BCUT2D eigenvalue weighted by molar-refractivity contribution is 6.46. The molecule has 1 heterocycles. The van der Waals surface area contributed by atoms with Crippen molar-refractivity contribution in [1.29, 1.82) is 0 Å². The molecular weight excluding hydrogens is 337 g/mol. The zero-order valence-electron chi connectivity index (χ0n) is 13.9. The Morgan fingerprint density at radius 1 is 1.04 bits per heavy atom. The molecule has 2 N–H and O–H groups in total. The van der Waals surface area contributed by atoms with Crippen molar-refractivity contribution in [3.8, 4) is 0 Å². The molecule has 0 bridgehead atoms. The second kappa shape index (κ2) is 7.49. The summed E-state index contributed by atoms with van der Waals surface area (Å²) < 4.78 is 14.4. The number of halogens is 1. The molecule has 1 aliphatic heterocycles. The van der Waals surface area contributed by atoms with Gasteiger partial charge in [0.2, 0.25) is 0 Å². The van der Waals surface area contributed by atoms with E-state index in [9.17, 15) is 19.1 Å². The van der Waals surface area contributed by atoms with E-state index in [0.717, 1.165) is 0 Å². The number of likely N-dealkylation sites (tertiary alicyclic amines) is 1.